The molecule has 0 atom stereocenters. The lowest BCUT2D eigenvalue weighted by molar-refractivity contribution is -0.125. The van der Waals surface area contributed by atoms with Crippen molar-refractivity contribution < 1.29 is 19.1 Å². The van der Waals surface area contributed by atoms with Crippen molar-refractivity contribution in [3.63, 3.8) is 0 Å². The van der Waals surface area contributed by atoms with Gasteiger partial charge >= 0.3 is 0 Å². The summed E-state index contributed by atoms with van der Waals surface area (Å²) in [6.07, 6.45) is 0. The van der Waals surface area contributed by atoms with Gasteiger partial charge in [0.25, 0.3) is 5.91 Å². The maximum atomic E-state index is 12.6. The second-order valence-corrected chi connectivity index (χ2v) is 8.85. The topological polar surface area (TPSA) is 67.9 Å². The Morgan fingerprint density at radius 2 is 2.00 bits per heavy atom. The van der Waals surface area contributed by atoms with E-state index >= 15 is 0 Å². The maximum Gasteiger partial charge on any atom is 0.265 e. The number of carbonyl (C=O) groups is 2. The monoisotopic (exact) mass is 460 g/mol. The number of ether oxygens (including phenoxy) is 2. The number of amides is 2. The number of nitrogens with one attached hydrogen (secondary N) is 1. The minimum atomic E-state index is -0.255. The van der Waals surface area contributed by atoms with Crippen molar-refractivity contribution in [2.24, 2.45) is 0 Å². The maximum absolute atomic E-state index is 12.6. The summed E-state index contributed by atoms with van der Waals surface area (Å²) in [5.41, 5.74) is 2.46. The molecule has 0 fully saturated rings. The number of hydrogen-bond donors (Lipinski definition) is 1. The molecule has 154 valence electrons. The first-order chi connectivity index (χ1) is 13.7. The first kappa shape index (κ1) is 21.2. The van der Waals surface area contributed by atoms with Crippen LogP contribution in [0.2, 0.25) is 0 Å². The van der Waals surface area contributed by atoms with E-state index in [9.17, 15) is 9.59 Å². The third-order valence-corrected chi connectivity index (χ3v) is 5.28. The van der Waals surface area contributed by atoms with Crippen molar-refractivity contribution in [3.05, 3.63) is 52.0 Å². The Balaban J connectivity index is 1.76. The van der Waals surface area contributed by atoms with Gasteiger partial charge in [0.15, 0.2) is 6.61 Å². The van der Waals surface area contributed by atoms with Crippen molar-refractivity contribution in [1.82, 2.24) is 5.32 Å². The molecule has 0 spiro atoms. The molecule has 0 aromatic heterocycles. The minimum absolute atomic E-state index is 0.0703. The molecule has 1 N–H and O–H groups in total. The molecule has 0 radical (unpaired) electrons. The van der Waals surface area contributed by atoms with Crippen molar-refractivity contribution in [2.45, 2.75) is 32.7 Å². The van der Waals surface area contributed by atoms with Crippen LogP contribution in [0.25, 0.3) is 0 Å². The van der Waals surface area contributed by atoms with E-state index in [4.69, 9.17) is 9.47 Å². The highest BCUT2D eigenvalue weighted by Crippen LogP contribution is 2.36. The number of hydrogen-bond acceptors (Lipinski definition) is 4. The minimum Gasteiger partial charge on any atom is -0.496 e. The molecule has 6 nitrogen and oxygen atoms in total. The Hall–Kier alpha value is -2.54. The highest BCUT2D eigenvalue weighted by atomic mass is 79.9. The summed E-state index contributed by atoms with van der Waals surface area (Å²) in [7, 11) is 1.59. The summed E-state index contributed by atoms with van der Waals surface area (Å²) in [6.45, 7) is 6.45. The highest BCUT2D eigenvalue weighted by molar-refractivity contribution is 9.10. The Morgan fingerprint density at radius 3 is 2.69 bits per heavy atom. The second kappa shape index (κ2) is 8.45. The summed E-state index contributed by atoms with van der Waals surface area (Å²) >= 11 is 3.43. The fraction of sp³-hybridized carbons (Fsp3) is 0.364. The average Bonchev–Trinajstić information content (AvgIpc) is 2.67. The number of benzene rings is 2. The molecule has 29 heavy (non-hydrogen) atoms. The van der Waals surface area contributed by atoms with Crippen LogP contribution in [-0.4, -0.2) is 32.1 Å². The van der Waals surface area contributed by atoms with Crippen LogP contribution in [-0.2, 0) is 21.5 Å². The van der Waals surface area contributed by atoms with Gasteiger partial charge in [-0.25, -0.2) is 0 Å². The van der Waals surface area contributed by atoms with Crippen LogP contribution in [0.5, 0.6) is 11.5 Å². The summed E-state index contributed by atoms with van der Waals surface area (Å²) < 4.78 is 11.8. The molecule has 0 saturated heterocycles. The third kappa shape index (κ3) is 4.90. The Morgan fingerprint density at radius 1 is 1.24 bits per heavy atom. The zero-order valence-electron chi connectivity index (χ0n) is 17.0. The van der Waals surface area contributed by atoms with Gasteiger partial charge < -0.3 is 14.8 Å². The molecule has 1 aliphatic heterocycles. The smallest absolute Gasteiger partial charge is 0.265 e. The predicted octanol–water partition coefficient (Wildman–Crippen LogP) is 3.80. The van der Waals surface area contributed by atoms with E-state index in [0.29, 0.717) is 23.7 Å². The lowest BCUT2D eigenvalue weighted by Crippen LogP contribution is -2.45. The number of carbonyl (C=O) groups excluding carboxylic acids is 2. The molecule has 1 heterocycles. The van der Waals surface area contributed by atoms with Gasteiger partial charge in [-0.2, -0.15) is 0 Å². The molecule has 0 bridgehead atoms. The fourth-order valence-electron chi connectivity index (χ4n) is 3.12. The fourth-order valence-corrected chi connectivity index (χ4v) is 3.53. The average molecular weight is 461 g/mol. The van der Waals surface area contributed by atoms with Crippen LogP contribution >= 0.6 is 15.9 Å². The molecule has 7 heteroatoms. The zero-order chi connectivity index (χ0) is 21.2. The highest BCUT2D eigenvalue weighted by Gasteiger charge is 2.29. The van der Waals surface area contributed by atoms with Gasteiger partial charge in [0, 0.05) is 16.6 Å². The molecule has 1 aliphatic rings. The standard InChI is InChI=1S/C22H25BrN2O4/c1-22(2,3)15-5-7-19-17(10-15)25(21(27)13-29-19)12-20(26)24-11-14-9-16(23)6-8-18(14)28-4/h5-10H,11-13H2,1-4H3,(H,24,26). The van der Waals surface area contributed by atoms with Crippen LogP contribution in [0, 0.1) is 0 Å². The molecule has 0 saturated carbocycles. The van der Waals surface area contributed by atoms with Crippen LogP contribution in [0.4, 0.5) is 5.69 Å². The quantitative estimate of drug-likeness (QED) is 0.736. The SMILES string of the molecule is COc1ccc(Br)cc1CNC(=O)CN1C(=O)COc2ccc(C(C)(C)C)cc21. The van der Waals surface area contributed by atoms with Gasteiger partial charge in [0.1, 0.15) is 18.0 Å². The molecule has 3 rings (SSSR count). The van der Waals surface area contributed by atoms with E-state index in [1.165, 1.54) is 4.90 Å². The zero-order valence-corrected chi connectivity index (χ0v) is 18.6. The van der Waals surface area contributed by atoms with Crippen molar-refractivity contribution in [1.29, 1.82) is 0 Å². The van der Waals surface area contributed by atoms with Gasteiger partial charge in [0.2, 0.25) is 5.91 Å². The molecule has 2 aromatic carbocycles. The number of halogens is 1. The van der Waals surface area contributed by atoms with Crippen LogP contribution in [0.15, 0.2) is 40.9 Å². The normalized spacial score (nSPS) is 13.6. The summed E-state index contributed by atoms with van der Waals surface area (Å²) in [6, 6.07) is 11.4. The predicted molar refractivity (Wildman–Crippen MR) is 116 cm³/mol. The molecule has 0 aliphatic carbocycles. The van der Waals surface area contributed by atoms with E-state index in [0.717, 1.165) is 15.6 Å². The van der Waals surface area contributed by atoms with E-state index in [1.54, 1.807) is 7.11 Å². The van der Waals surface area contributed by atoms with Gasteiger partial charge in [-0.15, -0.1) is 0 Å². The Bertz CT molecular complexity index is 937. The van der Waals surface area contributed by atoms with Crippen LogP contribution < -0.4 is 19.7 Å². The molecule has 2 amide bonds. The van der Waals surface area contributed by atoms with E-state index in [-0.39, 0.29) is 30.4 Å². The lowest BCUT2D eigenvalue weighted by Gasteiger charge is -2.31. The van der Waals surface area contributed by atoms with Crippen LogP contribution in [0.3, 0.4) is 0 Å². The van der Waals surface area contributed by atoms with E-state index in [1.807, 2.05) is 36.4 Å². The summed E-state index contributed by atoms with van der Waals surface area (Å²) in [5, 5.41) is 2.87. The Labute approximate surface area is 179 Å². The van der Waals surface area contributed by atoms with Gasteiger partial charge in [0.05, 0.1) is 12.8 Å². The van der Waals surface area contributed by atoms with Crippen molar-refractivity contribution >= 4 is 33.4 Å². The number of nitrogens with zero attached hydrogens (tertiary/aromatic N) is 1. The number of fused-ring (bicyclic) bond motifs is 1. The molecule has 2 aromatic rings. The third-order valence-electron chi connectivity index (χ3n) is 4.79. The first-order valence-corrected chi connectivity index (χ1v) is 10.1. The van der Waals surface area contributed by atoms with Gasteiger partial charge in [-0.1, -0.05) is 42.8 Å². The second-order valence-electron chi connectivity index (χ2n) is 7.93. The van der Waals surface area contributed by atoms with Crippen molar-refractivity contribution in [3.8, 4) is 11.5 Å². The number of methoxy groups -OCH3 is 1. The summed E-state index contributed by atoms with van der Waals surface area (Å²) in [5.74, 6) is 0.809. The van der Waals surface area contributed by atoms with Crippen LogP contribution in [0.1, 0.15) is 31.9 Å². The largest absolute Gasteiger partial charge is 0.496 e. The Kier molecular flexibility index (Phi) is 6.17. The van der Waals surface area contributed by atoms with E-state index < -0.39 is 0 Å². The van der Waals surface area contributed by atoms with Gasteiger partial charge in [-0.05, 0) is 41.3 Å². The molecular weight excluding hydrogens is 436 g/mol. The lowest BCUT2D eigenvalue weighted by atomic mass is 9.86. The van der Waals surface area contributed by atoms with Gasteiger partial charge in [-0.3, -0.25) is 14.5 Å². The first-order valence-electron chi connectivity index (χ1n) is 9.36. The summed E-state index contributed by atoms with van der Waals surface area (Å²) in [4.78, 5) is 26.6. The molecular formula is C22H25BrN2O4. The number of anilines is 1. The molecule has 0 unspecified atom stereocenters. The van der Waals surface area contributed by atoms with Crippen molar-refractivity contribution in [2.75, 3.05) is 25.2 Å². The number of rotatable bonds is 5. The van der Waals surface area contributed by atoms with E-state index in [2.05, 4.69) is 42.0 Å².